The molecular formula is C16H16N2O3. The van der Waals surface area contributed by atoms with Crippen LogP contribution >= 0.6 is 0 Å². The average molecular weight is 284 g/mol. The van der Waals surface area contributed by atoms with Crippen LogP contribution in [0.4, 0.5) is 0 Å². The van der Waals surface area contributed by atoms with Crippen LogP contribution in [0.5, 0.6) is 11.5 Å². The number of hydrogen-bond acceptors (Lipinski definition) is 4. The maximum Gasteiger partial charge on any atom is 0.275 e. The van der Waals surface area contributed by atoms with E-state index in [1.807, 2.05) is 6.92 Å². The van der Waals surface area contributed by atoms with Gasteiger partial charge in [0.1, 0.15) is 11.5 Å². The Hall–Kier alpha value is -2.82. The summed E-state index contributed by atoms with van der Waals surface area (Å²) in [6, 6.07) is 12.8. The van der Waals surface area contributed by atoms with Gasteiger partial charge in [-0.3, -0.25) is 4.79 Å². The molecule has 2 rings (SSSR count). The Morgan fingerprint density at radius 1 is 1.10 bits per heavy atom. The zero-order valence-corrected chi connectivity index (χ0v) is 11.6. The number of aromatic hydroxyl groups is 2. The molecule has 21 heavy (non-hydrogen) atoms. The summed E-state index contributed by atoms with van der Waals surface area (Å²) in [6.45, 7) is 1.91. The predicted molar refractivity (Wildman–Crippen MR) is 80.5 cm³/mol. The van der Waals surface area contributed by atoms with Crippen LogP contribution < -0.4 is 5.43 Å². The minimum atomic E-state index is -0.474. The van der Waals surface area contributed by atoms with Gasteiger partial charge in [0.25, 0.3) is 5.91 Å². The Morgan fingerprint density at radius 2 is 1.76 bits per heavy atom. The molecule has 0 saturated heterocycles. The fourth-order valence-electron chi connectivity index (χ4n) is 1.85. The number of benzene rings is 2. The van der Waals surface area contributed by atoms with E-state index in [1.54, 1.807) is 36.4 Å². The van der Waals surface area contributed by atoms with Crippen LogP contribution in [-0.4, -0.2) is 21.8 Å². The lowest BCUT2D eigenvalue weighted by Gasteiger charge is -2.06. The average Bonchev–Trinajstić information content (AvgIpc) is 2.49. The molecule has 5 nitrogen and oxygen atoms in total. The molecule has 0 unspecified atom stereocenters. The van der Waals surface area contributed by atoms with Gasteiger partial charge in [0, 0.05) is 0 Å². The summed E-state index contributed by atoms with van der Waals surface area (Å²) in [6.07, 6.45) is 0.617. The smallest absolute Gasteiger partial charge is 0.275 e. The maximum atomic E-state index is 12.0. The predicted octanol–water partition coefficient (Wildman–Crippen LogP) is 2.64. The summed E-state index contributed by atoms with van der Waals surface area (Å²) in [7, 11) is 0. The molecule has 5 heteroatoms. The SMILES string of the molecule is CC/C(=N\NC(=O)c1ccccc1O)c1ccc(O)cc1. The minimum Gasteiger partial charge on any atom is -0.508 e. The number of phenolic OH excluding ortho intramolecular Hbond substituents is 2. The molecule has 1 amide bonds. The third-order valence-corrected chi connectivity index (χ3v) is 2.98. The molecule has 0 saturated carbocycles. The van der Waals surface area contributed by atoms with Crippen LogP contribution in [0.2, 0.25) is 0 Å². The third-order valence-electron chi connectivity index (χ3n) is 2.98. The van der Waals surface area contributed by atoms with E-state index in [0.29, 0.717) is 12.1 Å². The van der Waals surface area contributed by atoms with Gasteiger partial charge in [0.2, 0.25) is 0 Å². The van der Waals surface area contributed by atoms with Crippen molar-refractivity contribution in [2.75, 3.05) is 0 Å². The number of carbonyl (C=O) groups excluding carboxylic acids is 1. The van der Waals surface area contributed by atoms with Gasteiger partial charge >= 0.3 is 0 Å². The van der Waals surface area contributed by atoms with E-state index in [4.69, 9.17) is 0 Å². The van der Waals surface area contributed by atoms with E-state index in [1.165, 1.54) is 12.1 Å². The molecule has 3 N–H and O–H groups in total. The van der Waals surface area contributed by atoms with Gasteiger partial charge in [-0.15, -0.1) is 0 Å². The number of amides is 1. The van der Waals surface area contributed by atoms with Gasteiger partial charge in [0.15, 0.2) is 0 Å². The largest absolute Gasteiger partial charge is 0.508 e. The number of nitrogens with one attached hydrogen (secondary N) is 1. The second kappa shape index (κ2) is 6.56. The van der Waals surface area contributed by atoms with Gasteiger partial charge in [-0.1, -0.05) is 19.1 Å². The Labute approximate surface area is 122 Å². The fourth-order valence-corrected chi connectivity index (χ4v) is 1.85. The number of phenols is 2. The zero-order valence-electron chi connectivity index (χ0n) is 11.6. The summed E-state index contributed by atoms with van der Waals surface area (Å²) in [5.41, 5.74) is 4.09. The van der Waals surface area contributed by atoms with E-state index in [0.717, 1.165) is 5.56 Å². The maximum absolute atomic E-state index is 12.0. The molecule has 2 aromatic carbocycles. The van der Waals surface area contributed by atoms with E-state index in [9.17, 15) is 15.0 Å². The summed E-state index contributed by atoms with van der Waals surface area (Å²) in [5.74, 6) is -0.391. The highest BCUT2D eigenvalue weighted by Crippen LogP contribution is 2.15. The van der Waals surface area contributed by atoms with E-state index in [-0.39, 0.29) is 17.1 Å². The first-order valence-corrected chi connectivity index (χ1v) is 6.56. The second-order valence-corrected chi connectivity index (χ2v) is 4.42. The minimum absolute atomic E-state index is 0.0899. The lowest BCUT2D eigenvalue weighted by Crippen LogP contribution is -2.20. The van der Waals surface area contributed by atoms with Crippen LogP contribution in [0.1, 0.15) is 29.3 Å². The van der Waals surface area contributed by atoms with Crippen molar-refractivity contribution in [3.63, 3.8) is 0 Å². The summed E-state index contributed by atoms with van der Waals surface area (Å²) in [4.78, 5) is 12.0. The van der Waals surface area contributed by atoms with Crippen molar-refractivity contribution in [2.24, 2.45) is 5.10 Å². The van der Waals surface area contributed by atoms with Crippen LogP contribution in [0.25, 0.3) is 0 Å². The molecule has 0 fully saturated rings. The Morgan fingerprint density at radius 3 is 2.38 bits per heavy atom. The fraction of sp³-hybridized carbons (Fsp3) is 0.125. The standard InChI is InChI=1S/C16H16N2O3/c1-2-14(11-7-9-12(19)10-8-11)17-18-16(21)13-5-3-4-6-15(13)20/h3-10,19-20H,2H2,1H3,(H,18,21)/b17-14+. The molecule has 0 radical (unpaired) electrons. The molecule has 2 aromatic rings. The van der Waals surface area contributed by atoms with Crippen molar-refractivity contribution in [1.82, 2.24) is 5.43 Å². The molecule has 0 aliphatic carbocycles. The molecule has 0 spiro atoms. The van der Waals surface area contributed by atoms with Crippen molar-refractivity contribution in [1.29, 1.82) is 0 Å². The highest BCUT2D eigenvalue weighted by atomic mass is 16.3. The molecule has 0 heterocycles. The Kier molecular flexibility index (Phi) is 4.56. The Balaban J connectivity index is 2.16. The number of rotatable bonds is 4. The van der Waals surface area contributed by atoms with Crippen LogP contribution in [0.3, 0.4) is 0 Å². The number of carbonyl (C=O) groups is 1. The van der Waals surface area contributed by atoms with Crippen molar-refractivity contribution >= 4 is 11.6 Å². The lowest BCUT2D eigenvalue weighted by molar-refractivity contribution is 0.0952. The van der Waals surface area contributed by atoms with Crippen molar-refractivity contribution in [2.45, 2.75) is 13.3 Å². The van der Waals surface area contributed by atoms with Crippen molar-refractivity contribution in [3.05, 3.63) is 59.7 Å². The first-order chi connectivity index (χ1) is 10.1. The number of nitrogens with zero attached hydrogens (tertiary/aromatic N) is 1. The first kappa shape index (κ1) is 14.6. The van der Waals surface area contributed by atoms with Gasteiger partial charge < -0.3 is 10.2 Å². The van der Waals surface area contributed by atoms with E-state index >= 15 is 0 Å². The van der Waals surface area contributed by atoms with Crippen LogP contribution in [-0.2, 0) is 0 Å². The van der Waals surface area contributed by atoms with Gasteiger partial charge in [-0.2, -0.15) is 5.10 Å². The van der Waals surface area contributed by atoms with Gasteiger partial charge in [-0.25, -0.2) is 5.43 Å². The normalized spacial score (nSPS) is 11.2. The first-order valence-electron chi connectivity index (χ1n) is 6.56. The molecular weight excluding hydrogens is 268 g/mol. The highest BCUT2D eigenvalue weighted by Gasteiger charge is 2.10. The highest BCUT2D eigenvalue weighted by molar-refractivity contribution is 6.02. The number of hydrogen-bond donors (Lipinski definition) is 3. The van der Waals surface area contributed by atoms with Crippen LogP contribution in [0, 0.1) is 0 Å². The van der Waals surface area contributed by atoms with Gasteiger partial charge in [-0.05, 0) is 48.4 Å². The molecule has 0 bridgehead atoms. The van der Waals surface area contributed by atoms with Crippen molar-refractivity contribution < 1.29 is 15.0 Å². The van der Waals surface area contributed by atoms with E-state index in [2.05, 4.69) is 10.5 Å². The van der Waals surface area contributed by atoms with E-state index < -0.39 is 5.91 Å². The lowest BCUT2D eigenvalue weighted by atomic mass is 10.1. The number of hydrazone groups is 1. The molecule has 0 atom stereocenters. The summed E-state index contributed by atoms with van der Waals surface area (Å²) >= 11 is 0. The van der Waals surface area contributed by atoms with Crippen molar-refractivity contribution in [3.8, 4) is 11.5 Å². The topological polar surface area (TPSA) is 81.9 Å². The number of para-hydroxylation sites is 1. The summed E-state index contributed by atoms with van der Waals surface area (Å²) < 4.78 is 0. The zero-order chi connectivity index (χ0) is 15.2. The monoisotopic (exact) mass is 284 g/mol. The third kappa shape index (κ3) is 3.60. The summed E-state index contributed by atoms with van der Waals surface area (Å²) in [5, 5.41) is 23.0. The second-order valence-electron chi connectivity index (χ2n) is 4.42. The molecule has 108 valence electrons. The van der Waals surface area contributed by atoms with Crippen LogP contribution in [0.15, 0.2) is 53.6 Å². The molecule has 0 aliphatic heterocycles. The quantitative estimate of drug-likeness (QED) is 0.596. The Bertz CT molecular complexity index is 663. The molecule has 0 aromatic heterocycles. The molecule has 0 aliphatic rings. The van der Waals surface area contributed by atoms with Gasteiger partial charge in [0.05, 0.1) is 11.3 Å².